The van der Waals surface area contributed by atoms with E-state index in [2.05, 4.69) is 15.4 Å². The molecule has 4 nitrogen and oxygen atoms in total. The van der Waals surface area contributed by atoms with E-state index in [1.54, 1.807) is 12.1 Å². The normalized spacial score (nSPS) is 10.9. The third-order valence-electron chi connectivity index (χ3n) is 2.63. The highest BCUT2D eigenvalue weighted by atomic mass is 35.5. The van der Waals surface area contributed by atoms with Crippen LogP contribution in [0, 0.1) is 5.82 Å². The van der Waals surface area contributed by atoms with Crippen molar-refractivity contribution in [1.29, 1.82) is 0 Å². The molecule has 0 bridgehead atoms. The standard InChI is InChI=1S/C12H8ClFN4S/c13-6-1-2-7(9(14)5-6)10-16-11(18-15)8-3-4-19-12(8)17-10/h1-5H,15H2,(H,16,17,18). The Labute approximate surface area is 117 Å². The second kappa shape index (κ2) is 4.73. The number of hydrogen-bond acceptors (Lipinski definition) is 5. The topological polar surface area (TPSA) is 63.8 Å². The van der Waals surface area contributed by atoms with Crippen LogP contribution in [0.1, 0.15) is 0 Å². The second-order valence-electron chi connectivity index (χ2n) is 3.80. The Morgan fingerprint density at radius 2 is 2.11 bits per heavy atom. The summed E-state index contributed by atoms with van der Waals surface area (Å²) >= 11 is 7.17. The molecule has 2 aromatic heterocycles. The van der Waals surface area contributed by atoms with Crippen molar-refractivity contribution in [1.82, 2.24) is 9.97 Å². The Morgan fingerprint density at radius 1 is 1.26 bits per heavy atom. The second-order valence-corrected chi connectivity index (χ2v) is 5.13. The van der Waals surface area contributed by atoms with Gasteiger partial charge in [0.25, 0.3) is 0 Å². The molecule has 3 aromatic rings. The molecule has 96 valence electrons. The van der Waals surface area contributed by atoms with E-state index in [9.17, 15) is 4.39 Å². The molecule has 3 rings (SSSR count). The van der Waals surface area contributed by atoms with E-state index in [0.29, 0.717) is 10.8 Å². The van der Waals surface area contributed by atoms with Crippen LogP contribution in [0.15, 0.2) is 29.6 Å². The molecule has 3 N–H and O–H groups in total. The minimum Gasteiger partial charge on any atom is -0.308 e. The van der Waals surface area contributed by atoms with Crippen molar-refractivity contribution in [2.24, 2.45) is 5.84 Å². The number of thiophene rings is 1. The number of anilines is 1. The van der Waals surface area contributed by atoms with Gasteiger partial charge in [0.2, 0.25) is 0 Å². The van der Waals surface area contributed by atoms with Gasteiger partial charge in [0.1, 0.15) is 10.6 Å². The van der Waals surface area contributed by atoms with Gasteiger partial charge in [-0.3, -0.25) is 0 Å². The number of benzene rings is 1. The molecular formula is C12H8ClFN4S. The summed E-state index contributed by atoms with van der Waals surface area (Å²) in [6.45, 7) is 0. The first kappa shape index (κ1) is 12.3. The molecule has 0 radical (unpaired) electrons. The maximum Gasteiger partial charge on any atom is 0.166 e. The lowest BCUT2D eigenvalue weighted by molar-refractivity contribution is 0.630. The highest BCUT2D eigenvalue weighted by Gasteiger charge is 2.13. The fourth-order valence-corrected chi connectivity index (χ4v) is 2.68. The quantitative estimate of drug-likeness (QED) is 0.561. The number of aromatic nitrogens is 2. The van der Waals surface area contributed by atoms with Crippen molar-refractivity contribution in [3.8, 4) is 11.4 Å². The number of halogens is 2. The lowest BCUT2D eigenvalue weighted by Gasteiger charge is -2.06. The van der Waals surface area contributed by atoms with Gasteiger partial charge in [0, 0.05) is 5.02 Å². The van der Waals surface area contributed by atoms with E-state index in [1.807, 2.05) is 11.4 Å². The first-order valence-electron chi connectivity index (χ1n) is 5.36. The lowest BCUT2D eigenvalue weighted by Crippen LogP contribution is -2.10. The molecule has 0 fully saturated rings. The van der Waals surface area contributed by atoms with Crippen LogP contribution >= 0.6 is 22.9 Å². The highest BCUT2D eigenvalue weighted by molar-refractivity contribution is 7.16. The molecular weight excluding hydrogens is 287 g/mol. The molecule has 19 heavy (non-hydrogen) atoms. The van der Waals surface area contributed by atoms with Gasteiger partial charge >= 0.3 is 0 Å². The average Bonchev–Trinajstić information content (AvgIpc) is 2.85. The number of nitrogens with zero attached hydrogens (tertiary/aromatic N) is 2. The highest BCUT2D eigenvalue weighted by Crippen LogP contribution is 2.29. The van der Waals surface area contributed by atoms with Crippen LogP contribution in [0.25, 0.3) is 21.6 Å². The summed E-state index contributed by atoms with van der Waals surface area (Å²) < 4.78 is 13.9. The van der Waals surface area contributed by atoms with Crippen molar-refractivity contribution in [3.63, 3.8) is 0 Å². The summed E-state index contributed by atoms with van der Waals surface area (Å²) in [6.07, 6.45) is 0. The van der Waals surface area contributed by atoms with E-state index in [1.165, 1.54) is 17.4 Å². The molecule has 0 saturated heterocycles. The number of nitrogens with one attached hydrogen (secondary N) is 1. The molecule has 0 aliphatic rings. The minimum absolute atomic E-state index is 0.275. The van der Waals surface area contributed by atoms with Crippen molar-refractivity contribution >= 4 is 39.0 Å². The van der Waals surface area contributed by atoms with Gasteiger partial charge in [-0.15, -0.1) is 11.3 Å². The van der Waals surface area contributed by atoms with Gasteiger partial charge in [-0.05, 0) is 29.6 Å². The third kappa shape index (κ3) is 2.14. The molecule has 0 spiro atoms. The lowest BCUT2D eigenvalue weighted by atomic mass is 10.2. The predicted molar refractivity (Wildman–Crippen MR) is 75.6 cm³/mol. The van der Waals surface area contributed by atoms with Crippen molar-refractivity contribution in [2.45, 2.75) is 0 Å². The van der Waals surface area contributed by atoms with E-state index < -0.39 is 5.82 Å². The van der Waals surface area contributed by atoms with Gasteiger partial charge in [-0.1, -0.05) is 11.6 Å². The van der Waals surface area contributed by atoms with E-state index in [-0.39, 0.29) is 11.4 Å². The smallest absolute Gasteiger partial charge is 0.166 e. The third-order valence-corrected chi connectivity index (χ3v) is 3.68. The van der Waals surface area contributed by atoms with Crippen molar-refractivity contribution < 1.29 is 4.39 Å². The largest absolute Gasteiger partial charge is 0.308 e. The van der Waals surface area contributed by atoms with Crippen LogP contribution < -0.4 is 11.3 Å². The zero-order valence-corrected chi connectivity index (χ0v) is 11.1. The molecule has 0 aliphatic carbocycles. The van der Waals surface area contributed by atoms with Gasteiger partial charge < -0.3 is 5.43 Å². The Morgan fingerprint density at radius 3 is 2.84 bits per heavy atom. The SMILES string of the molecule is NNc1nc(-c2ccc(Cl)cc2F)nc2sccc12. The first-order chi connectivity index (χ1) is 9.19. The fourth-order valence-electron chi connectivity index (χ4n) is 1.76. The molecule has 2 heterocycles. The summed E-state index contributed by atoms with van der Waals surface area (Å²) in [6, 6.07) is 6.23. The maximum absolute atomic E-state index is 13.9. The molecule has 0 atom stereocenters. The van der Waals surface area contributed by atoms with E-state index in [0.717, 1.165) is 10.2 Å². The van der Waals surface area contributed by atoms with Gasteiger partial charge in [0.05, 0.1) is 10.9 Å². The summed E-state index contributed by atoms with van der Waals surface area (Å²) in [7, 11) is 0. The number of hydrogen-bond donors (Lipinski definition) is 2. The summed E-state index contributed by atoms with van der Waals surface area (Å²) in [5.74, 6) is 5.71. The zero-order chi connectivity index (χ0) is 13.4. The first-order valence-corrected chi connectivity index (χ1v) is 6.62. The van der Waals surface area contributed by atoms with Crippen molar-refractivity contribution in [3.05, 3.63) is 40.5 Å². The molecule has 1 aromatic carbocycles. The zero-order valence-electron chi connectivity index (χ0n) is 9.52. The van der Waals surface area contributed by atoms with E-state index in [4.69, 9.17) is 17.4 Å². The van der Waals surface area contributed by atoms with Crippen LogP contribution in [0.3, 0.4) is 0 Å². The average molecular weight is 295 g/mol. The molecule has 0 saturated carbocycles. The maximum atomic E-state index is 13.9. The van der Waals surface area contributed by atoms with Crippen molar-refractivity contribution in [2.75, 3.05) is 5.43 Å². The van der Waals surface area contributed by atoms with Crippen LogP contribution in [0.5, 0.6) is 0 Å². The fraction of sp³-hybridized carbons (Fsp3) is 0. The Bertz CT molecular complexity index is 759. The number of nitrogens with two attached hydrogens (primary N) is 1. The number of rotatable bonds is 2. The monoisotopic (exact) mass is 294 g/mol. The Kier molecular flexibility index (Phi) is 3.06. The van der Waals surface area contributed by atoms with Crippen LogP contribution in [0.4, 0.5) is 10.2 Å². The van der Waals surface area contributed by atoms with Gasteiger partial charge in [0.15, 0.2) is 11.6 Å². The Balaban J connectivity index is 2.24. The van der Waals surface area contributed by atoms with Crippen LogP contribution in [-0.4, -0.2) is 9.97 Å². The van der Waals surface area contributed by atoms with Gasteiger partial charge in [-0.25, -0.2) is 20.2 Å². The van der Waals surface area contributed by atoms with Gasteiger partial charge in [-0.2, -0.15) is 0 Å². The minimum atomic E-state index is -0.466. The summed E-state index contributed by atoms with van der Waals surface area (Å²) in [5.41, 5.74) is 2.79. The molecule has 0 amide bonds. The number of fused-ring (bicyclic) bond motifs is 1. The molecule has 0 aliphatic heterocycles. The molecule has 0 unspecified atom stereocenters. The number of nitrogen functional groups attached to an aromatic ring is 1. The number of hydrazine groups is 1. The molecule has 7 heteroatoms. The Hall–Kier alpha value is -1.76. The summed E-state index contributed by atoms with van der Waals surface area (Å²) in [5, 5.41) is 3.02. The van der Waals surface area contributed by atoms with Crippen LogP contribution in [-0.2, 0) is 0 Å². The predicted octanol–water partition coefficient (Wildman–Crippen LogP) is 3.44. The summed E-state index contributed by atoms with van der Waals surface area (Å²) in [4.78, 5) is 9.30. The van der Waals surface area contributed by atoms with E-state index >= 15 is 0 Å². The van der Waals surface area contributed by atoms with Crippen LogP contribution in [0.2, 0.25) is 5.02 Å².